The van der Waals surface area contributed by atoms with Gasteiger partial charge in [0.1, 0.15) is 11.3 Å². The summed E-state index contributed by atoms with van der Waals surface area (Å²) in [4.78, 5) is 0. The van der Waals surface area contributed by atoms with E-state index in [0.29, 0.717) is 5.76 Å². The predicted octanol–water partition coefficient (Wildman–Crippen LogP) is 3.16. The van der Waals surface area contributed by atoms with Gasteiger partial charge >= 0.3 is 0 Å². The van der Waals surface area contributed by atoms with Crippen LogP contribution in [0.15, 0.2) is 16.5 Å². The SMILES string of the molecule is Cc1cc2c(F)c(F)c(F)cc2o1. The van der Waals surface area contributed by atoms with Gasteiger partial charge in [-0.15, -0.1) is 0 Å². The summed E-state index contributed by atoms with van der Waals surface area (Å²) < 4.78 is 43.3. The number of benzene rings is 1. The lowest BCUT2D eigenvalue weighted by Crippen LogP contribution is -1.89. The molecule has 1 nitrogen and oxygen atoms in total. The molecule has 1 heterocycles. The molecule has 0 aliphatic heterocycles. The molecule has 13 heavy (non-hydrogen) atoms. The van der Waals surface area contributed by atoms with Crippen LogP contribution in [0.25, 0.3) is 11.0 Å². The molecule has 0 saturated carbocycles. The van der Waals surface area contributed by atoms with Crippen molar-refractivity contribution in [2.24, 2.45) is 0 Å². The molecular formula is C9H5F3O. The van der Waals surface area contributed by atoms with Gasteiger partial charge < -0.3 is 4.42 Å². The standard InChI is InChI=1S/C9H5F3O/c1-4-2-5-7(13-4)3-6(10)9(12)8(5)11/h2-3H,1H3. The smallest absolute Gasteiger partial charge is 0.195 e. The van der Waals surface area contributed by atoms with Crippen LogP contribution in [0, 0.1) is 24.4 Å². The molecule has 0 unspecified atom stereocenters. The van der Waals surface area contributed by atoms with Gasteiger partial charge in [-0.3, -0.25) is 0 Å². The minimum Gasteiger partial charge on any atom is -0.461 e. The zero-order valence-corrected chi connectivity index (χ0v) is 6.70. The van der Waals surface area contributed by atoms with Crippen LogP contribution in [-0.2, 0) is 0 Å². The number of furan rings is 1. The normalized spacial score (nSPS) is 11.1. The Morgan fingerprint density at radius 3 is 2.46 bits per heavy atom. The largest absolute Gasteiger partial charge is 0.461 e. The molecule has 1 aromatic carbocycles. The molecule has 68 valence electrons. The van der Waals surface area contributed by atoms with Crippen molar-refractivity contribution >= 4 is 11.0 Å². The lowest BCUT2D eigenvalue weighted by Gasteiger charge is -1.94. The molecule has 0 atom stereocenters. The summed E-state index contributed by atoms with van der Waals surface area (Å²) in [5, 5.41) is -0.0311. The van der Waals surface area contributed by atoms with Crippen molar-refractivity contribution in [3.05, 3.63) is 35.3 Å². The third kappa shape index (κ3) is 1.09. The molecule has 0 saturated heterocycles. The lowest BCUT2D eigenvalue weighted by atomic mass is 10.2. The van der Waals surface area contributed by atoms with Crippen LogP contribution in [0.1, 0.15) is 5.76 Å². The topological polar surface area (TPSA) is 13.1 Å². The first-order valence-electron chi connectivity index (χ1n) is 3.63. The van der Waals surface area contributed by atoms with Crippen molar-refractivity contribution in [1.29, 1.82) is 0 Å². The summed E-state index contributed by atoms with van der Waals surface area (Å²) in [6.45, 7) is 1.58. The van der Waals surface area contributed by atoms with Crippen LogP contribution in [0.5, 0.6) is 0 Å². The zero-order chi connectivity index (χ0) is 9.59. The van der Waals surface area contributed by atoms with Crippen molar-refractivity contribution in [1.82, 2.24) is 0 Å². The van der Waals surface area contributed by atoms with Crippen molar-refractivity contribution in [2.45, 2.75) is 6.92 Å². The Morgan fingerprint density at radius 2 is 1.77 bits per heavy atom. The summed E-state index contributed by atoms with van der Waals surface area (Å²) in [6, 6.07) is 2.16. The summed E-state index contributed by atoms with van der Waals surface area (Å²) in [7, 11) is 0. The number of hydrogen-bond acceptors (Lipinski definition) is 1. The summed E-state index contributed by atoms with van der Waals surface area (Å²) in [5.41, 5.74) is 0.0221. The summed E-state index contributed by atoms with van der Waals surface area (Å²) in [6.07, 6.45) is 0. The molecular weight excluding hydrogens is 181 g/mol. The van der Waals surface area contributed by atoms with Gasteiger partial charge in [0.05, 0.1) is 5.39 Å². The van der Waals surface area contributed by atoms with Gasteiger partial charge in [0.25, 0.3) is 0 Å². The molecule has 0 amide bonds. The van der Waals surface area contributed by atoms with E-state index in [9.17, 15) is 13.2 Å². The average Bonchev–Trinajstić information content (AvgIpc) is 2.42. The summed E-state index contributed by atoms with van der Waals surface area (Å²) in [5.74, 6) is -3.49. The number of hydrogen-bond donors (Lipinski definition) is 0. The molecule has 0 fully saturated rings. The van der Waals surface area contributed by atoms with E-state index in [-0.39, 0.29) is 11.0 Å². The van der Waals surface area contributed by atoms with Crippen LogP contribution in [-0.4, -0.2) is 0 Å². The van der Waals surface area contributed by atoms with Crippen molar-refractivity contribution in [3.63, 3.8) is 0 Å². The van der Waals surface area contributed by atoms with E-state index < -0.39 is 17.5 Å². The molecule has 2 rings (SSSR count). The Kier molecular flexibility index (Phi) is 1.58. The minimum absolute atomic E-state index is 0.0221. The van der Waals surface area contributed by atoms with Gasteiger partial charge in [-0.1, -0.05) is 0 Å². The van der Waals surface area contributed by atoms with Crippen LogP contribution in [0.4, 0.5) is 13.2 Å². The molecule has 0 aliphatic rings. The van der Waals surface area contributed by atoms with E-state index in [2.05, 4.69) is 0 Å². The minimum atomic E-state index is -1.46. The second-order valence-electron chi connectivity index (χ2n) is 2.76. The van der Waals surface area contributed by atoms with Crippen molar-refractivity contribution in [2.75, 3.05) is 0 Å². The Labute approximate surface area is 71.8 Å². The van der Waals surface area contributed by atoms with Gasteiger partial charge in [0, 0.05) is 6.07 Å². The maximum absolute atomic E-state index is 13.0. The fraction of sp³-hybridized carbons (Fsp3) is 0.111. The molecule has 0 radical (unpaired) electrons. The van der Waals surface area contributed by atoms with Gasteiger partial charge in [-0.2, -0.15) is 0 Å². The Bertz CT molecular complexity index is 473. The van der Waals surface area contributed by atoms with E-state index in [1.165, 1.54) is 6.07 Å². The fourth-order valence-corrected chi connectivity index (χ4v) is 1.21. The fourth-order valence-electron chi connectivity index (χ4n) is 1.21. The molecule has 1 aromatic heterocycles. The highest BCUT2D eigenvalue weighted by molar-refractivity contribution is 5.78. The zero-order valence-electron chi connectivity index (χ0n) is 6.70. The monoisotopic (exact) mass is 186 g/mol. The Balaban J connectivity index is 2.92. The quantitative estimate of drug-likeness (QED) is 0.576. The third-order valence-electron chi connectivity index (χ3n) is 1.78. The predicted molar refractivity (Wildman–Crippen MR) is 40.8 cm³/mol. The maximum atomic E-state index is 13.0. The highest BCUT2D eigenvalue weighted by atomic mass is 19.2. The van der Waals surface area contributed by atoms with E-state index in [4.69, 9.17) is 4.42 Å². The molecule has 4 heteroatoms. The Hall–Kier alpha value is -1.45. The average molecular weight is 186 g/mol. The molecule has 0 bridgehead atoms. The number of rotatable bonds is 0. The molecule has 2 aromatic rings. The highest BCUT2D eigenvalue weighted by Gasteiger charge is 2.15. The Morgan fingerprint density at radius 1 is 1.08 bits per heavy atom. The van der Waals surface area contributed by atoms with Crippen LogP contribution < -0.4 is 0 Å². The van der Waals surface area contributed by atoms with Crippen LogP contribution >= 0.6 is 0 Å². The number of aryl methyl sites for hydroxylation is 1. The number of halogens is 3. The second kappa shape index (κ2) is 2.52. The second-order valence-corrected chi connectivity index (χ2v) is 2.76. The van der Waals surface area contributed by atoms with E-state index in [0.717, 1.165) is 6.07 Å². The van der Waals surface area contributed by atoms with Gasteiger partial charge in [-0.05, 0) is 13.0 Å². The first-order valence-corrected chi connectivity index (χ1v) is 3.63. The molecule has 0 spiro atoms. The third-order valence-corrected chi connectivity index (χ3v) is 1.78. The highest BCUT2D eigenvalue weighted by Crippen LogP contribution is 2.25. The first kappa shape index (κ1) is 8.16. The van der Waals surface area contributed by atoms with Crippen LogP contribution in [0.3, 0.4) is 0 Å². The van der Waals surface area contributed by atoms with Crippen LogP contribution in [0.2, 0.25) is 0 Å². The molecule has 0 N–H and O–H groups in total. The molecule has 0 aliphatic carbocycles. The lowest BCUT2D eigenvalue weighted by molar-refractivity contribution is 0.451. The summed E-state index contributed by atoms with van der Waals surface area (Å²) >= 11 is 0. The van der Waals surface area contributed by atoms with Crippen molar-refractivity contribution < 1.29 is 17.6 Å². The van der Waals surface area contributed by atoms with Gasteiger partial charge in [0.15, 0.2) is 17.5 Å². The van der Waals surface area contributed by atoms with E-state index in [1.807, 2.05) is 0 Å². The van der Waals surface area contributed by atoms with Gasteiger partial charge in [-0.25, -0.2) is 13.2 Å². The first-order chi connectivity index (χ1) is 6.09. The van der Waals surface area contributed by atoms with E-state index in [1.54, 1.807) is 6.92 Å². The van der Waals surface area contributed by atoms with E-state index >= 15 is 0 Å². The van der Waals surface area contributed by atoms with Crippen molar-refractivity contribution in [3.8, 4) is 0 Å². The number of fused-ring (bicyclic) bond motifs is 1. The van der Waals surface area contributed by atoms with Gasteiger partial charge in [0.2, 0.25) is 0 Å². The maximum Gasteiger partial charge on any atom is 0.195 e.